The molecule has 2 aromatic carbocycles. The third-order valence-corrected chi connectivity index (χ3v) is 4.30. The number of anilines is 3. The van der Waals surface area contributed by atoms with Crippen LogP contribution in [0.5, 0.6) is 11.6 Å². The van der Waals surface area contributed by atoms with Crippen molar-refractivity contribution < 1.29 is 17.5 Å². The minimum atomic E-state index is -3.40. The number of ether oxygens (including phenoxy) is 1. The van der Waals surface area contributed by atoms with Gasteiger partial charge in [0.1, 0.15) is 11.6 Å². The molecule has 0 amide bonds. The number of sulfonamides is 1. The van der Waals surface area contributed by atoms with Crippen molar-refractivity contribution in [1.29, 1.82) is 0 Å². The summed E-state index contributed by atoms with van der Waals surface area (Å²) in [7, 11) is -3.40. The van der Waals surface area contributed by atoms with Crippen molar-refractivity contribution in [2.75, 3.05) is 16.3 Å². The first-order valence-electron chi connectivity index (χ1n) is 8.35. The van der Waals surface area contributed by atoms with Gasteiger partial charge in [-0.3, -0.25) is 4.72 Å². The van der Waals surface area contributed by atoms with Crippen LogP contribution >= 0.6 is 0 Å². The molecule has 29 heavy (non-hydrogen) atoms. The van der Waals surface area contributed by atoms with Gasteiger partial charge in [0.25, 0.3) is 5.88 Å². The third-order valence-electron chi connectivity index (χ3n) is 3.70. The Balaban J connectivity index is 1.65. The second kappa shape index (κ2) is 7.36. The molecule has 11 heteroatoms. The number of rotatable bonds is 6. The smallest absolute Gasteiger partial charge is 0.252 e. The van der Waals surface area contributed by atoms with Gasteiger partial charge in [0.05, 0.1) is 18.3 Å². The zero-order chi connectivity index (χ0) is 20.4. The Bertz CT molecular complexity index is 1270. The Hall–Kier alpha value is -3.73. The highest BCUT2D eigenvalue weighted by Gasteiger charge is 2.13. The highest BCUT2D eigenvalue weighted by Crippen LogP contribution is 2.28. The number of nitrogens with one attached hydrogen (secondary N) is 3. The van der Waals surface area contributed by atoms with Gasteiger partial charge in [-0.05, 0) is 42.5 Å². The van der Waals surface area contributed by atoms with Crippen LogP contribution in [0.15, 0.2) is 54.9 Å². The van der Waals surface area contributed by atoms with Gasteiger partial charge < -0.3 is 15.0 Å². The van der Waals surface area contributed by atoms with Gasteiger partial charge in [0.15, 0.2) is 11.2 Å². The van der Waals surface area contributed by atoms with Crippen LogP contribution in [0.3, 0.4) is 0 Å². The second-order valence-corrected chi connectivity index (χ2v) is 7.84. The topological polar surface area (TPSA) is 122 Å². The van der Waals surface area contributed by atoms with Crippen molar-refractivity contribution in [3.05, 3.63) is 60.7 Å². The van der Waals surface area contributed by atoms with E-state index in [0.29, 0.717) is 28.3 Å². The average Bonchev–Trinajstić information content (AvgIpc) is 3.11. The van der Waals surface area contributed by atoms with Gasteiger partial charge in [-0.15, -0.1) is 0 Å². The van der Waals surface area contributed by atoms with Crippen molar-refractivity contribution in [3.63, 3.8) is 0 Å². The van der Waals surface area contributed by atoms with E-state index in [9.17, 15) is 12.8 Å². The van der Waals surface area contributed by atoms with Crippen molar-refractivity contribution in [3.8, 4) is 11.6 Å². The number of H-pyrrole nitrogens is 1. The van der Waals surface area contributed by atoms with Crippen LogP contribution in [0.4, 0.5) is 21.7 Å². The molecule has 0 atom stereocenters. The quantitative estimate of drug-likeness (QED) is 0.442. The number of fused-ring (bicyclic) bond motifs is 1. The molecule has 0 spiro atoms. The van der Waals surface area contributed by atoms with Gasteiger partial charge in [-0.1, -0.05) is 6.07 Å². The largest absolute Gasteiger partial charge is 0.437 e. The van der Waals surface area contributed by atoms with Gasteiger partial charge in [0, 0.05) is 5.69 Å². The molecule has 2 aromatic heterocycles. The monoisotopic (exact) mass is 414 g/mol. The van der Waals surface area contributed by atoms with E-state index in [2.05, 4.69) is 30.0 Å². The van der Waals surface area contributed by atoms with Crippen LogP contribution in [0.25, 0.3) is 11.2 Å². The molecule has 9 nitrogen and oxygen atoms in total. The first kappa shape index (κ1) is 18.6. The first-order chi connectivity index (χ1) is 13.9. The predicted molar refractivity (Wildman–Crippen MR) is 106 cm³/mol. The number of hydrogen-bond acceptors (Lipinski definition) is 7. The fourth-order valence-corrected chi connectivity index (χ4v) is 3.11. The lowest BCUT2D eigenvalue weighted by Crippen LogP contribution is -2.09. The summed E-state index contributed by atoms with van der Waals surface area (Å²) in [6, 6.07) is 12.1. The van der Waals surface area contributed by atoms with Crippen LogP contribution < -0.4 is 14.8 Å². The van der Waals surface area contributed by atoms with Crippen molar-refractivity contribution in [2.45, 2.75) is 0 Å². The predicted octanol–water partition coefficient (Wildman–Crippen LogP) is 3.40. The maximum atomic E-state index is 13.1. The molecule has 0 saturated carbocycles. The summed E-state index contributed by atoms with van der Waals surface area (Å²) in [6.45, 7) is 0. The highest BCUT2D eigenvalue weighted by atomic mass is 32.2. The summed E-state index contributed by atoms with van der Waals surface area (Å²) >= 11 is 0. The van der Waals surface area contributed by atoms with Crippen molar-refractivity contribution in [2.24, 2.45) is 0 Å². The molecule has 148 valence electrons. The Morgan fingerprint density at radius 2 is 1.83 bits per heavy atom. The number of imidazole rings is 1. The lowest BCUT2D eigenvalue weighted by atomic mass is 10.3. The number of aromatic amines is 1. The van der Waals surface area contributed by atoms with E-state index >= 15 is 0 Å². The minimum absolute atomic E-state index is 0.177. The van der Waals surface area contributed by atoms with Gasteiger partial charge in [-0.25, -0.2) is 17.8 Å². The van der Waals surface area contributed by atoms with E-state index in [1.165, 1.54) is 30.6 Å². The lowest BCUT2D eigenvalue weighted by Gasteiger charge is -2.10. The molecule has 0 aliphatic heterocycles. The molecule has 0 bridgehead atoms. The minimum Gasteiger partial charge on any atom is -0.437 e. The standard InChI is InChI=1S/C18H15FN6O3S/c1-29(26,27)25-13-4-2-3-12(9-13)22-18-23-16-15(20-10-21-16)17(24-18)28-14-7-5-11(19)6-8-14/h2-10,25H,1H3,(H2,20,21,22,23,24). The van der Waals surface area contributed by atoms with Crippen LogP contribution in [0, 0.1) is 5.82 Å². The molecular formula is C18H15FN6O3S. The second-order valence-electron chi connectivity index (χ2n) is 6.09. The first-order valence-corrected chi connectivity index (χ1v) is 10.2. The van der Waals surface area contributed by atoms with Crippen molar-refractivity contribution >= 4 is 38.5 Å². The van der Waals surface area contributed by atoms with E-state index in [-0.39, 0.29) is 17.6 Å². The van der Waals surface area contributed by atoms with Crippen LogP contribution in [0.1, 0.15) is 0 Å². The van der Waals surface area contributed by atoms with E-state index in [1.807, 2.05) is 0 Å². The van der Waals surface area contributed by atoms with Crippen LogP contribution in [0.2, 0.25) is 0 Å². The number of hydrogen-bond donors (Lipinski definition) is 3. The van der Waals surface area contributed by atoms with Gasteiger partial charge >= 0.3 is 0 Å². The fourth-order valence-electron chi connectivity index (χ4n) is 2.55. The molecule has 3 N–H and O–H groups in total. The van der Waals surface area contributed by atoms with Gasteiger partial charge in [-0.2, -0.15) is 9.97 Å². The Kier molecular flexibility index (Phi) is 4.72. The number of nitrogens with zero attached hydrogens (tertiary/aromatic N) is 3. The SMILES string of the molecule is CS(=O)(=O)Nc1cccc(Nc2nc(Oc3ccc(F)cc3)c3nc[nH]c3n2)c1. The summed E-state index contributed by atoms with van der Waals surface area (Å²) in [5, 5.41) is 3.00. The molecule has 0 aliphatic carbocycles. The Morgan fingerprint density at radius 1 is 1.07 bits per heavy atom. The van der Waals surface area contributed by atoms with E-state index < -0.39 is 10.0 Å². The normalized spacial score (nSPS) is 11.4. The molecule has 4 aromatic rings. The zero-order valence-electron chi connectivity index (χ0n) is 15.0. The molecule has 4 rings (SSSR count). The van der Waals surface area contributed by atoms with Crippen molar-refractivity contribution in [1.82, 2.24) is 19.9 Å². The van der Waals surface area contributed by atoms with Crippen LogP contribution in [-0.4, -0.2) is 34.6 Å². The van der Waals surface area contributed by atoms with Gasteiger partial charge in [0.2, 0.25) is 16.0 Å². The molecule has 2 heterocycles. The van der Waals surface area contributed by atoms with E-state index in [4.69, 9.17) is 4.74 Å². The summed E-state index contributed by atoms with van der Waals surface area (Å²) in [5.41, 5.74) is 1.80. The van der Waals surface area contributed by atoms with E-state index in [0.717, 1.165) is 6.26 Å². The highest BCUT2D eigenvalue weighted by molar-refractivity contribution is 7.92. The summed E-state index contributed by atoms with van der Waals surface area (Å²) < 4.78 is 44.1. The molecule has 0 radical (unpaired) electrons. The summed E-state index contributed by atoms with van der Waals surface area (Å²) in [5.74, 6) is 0.390. The molecule has 0 unspecified atom stereocenters. The molecule has 0 aliphatic rings. The summed E-state index contributed by atoms with van der Waals surface area (Å²) in [4.78, 5) is 15.7. The summed E-state index contributed by atoms with van der Waals surface area (Å²) in [6.07, 6.45) is 2.53. The molecule has 0 saturated heterocycles. The maximum Gasteiger partial charge on any atom is 0.252 e. The number of aromatic nitrogens is 4. The molecule has 0 fully saturated rings. The number of halogens is 1. The Labute approximate surface area is 165 Å². The molecular weight excluding hydrogens is 399 g/mol. The zero-order valence-corrected chi connectivity index (χ0v) is 15.9. The number of benzene rings is 2. The average molecular weight is 414 g/mol. The maximum absolute atomic E-state index is 13.1. The van der Waals surface area contributed by atoms with Crippen LogP contribution in [-0.2, 0) is 10.0 Å². The van der Waals surface area contributed by atoms with E-state index in [1.54, 1.807) is 24.3 Å². The fraction of sp³-hybridized carbons (Fsp3) is 0.0556. The lowest BCUT2D eigenvalue weighted by molar-refractivity contribution is 0.466. The third kappa shape index (κ3) is 4.58. The Morgan fingerprint density at radius 3 is 2.59 bits per heavy atom.